The SMILES string of the molecule is CCNC(=O)CN1CCN(C(=O)C(C)C(C)N)CC1. The molecule has 0 bridgehead atoms. The van der Waals surface area contributed by atoms with E-state index in [1.165, 1.54) is 0 Å². The number of piperazine rings is 1. The molecule has 0 aromatic carbocycles. The molecule has 0 radical (unpaired) electrons. The van der Waals surface area contributed by atoms with Crippen molar-refractivity contribution in [3.05, 3.63) is 0 Å². The Labute approximate surface area is 115 Å². The number of nitrogens with two attached hydrogens (primary N) is 1. The Morgan fingerprint density at radius 2 is 1.79 bits per heavy atom. The molecule has 110 valence electrons. The Hall–Kier alpha value is -1.14. The summed E-state index contributed by atoms with van der Waals surface area (Å²) in [6.45, 7) is 9.54. The van der Waals surface area contributed by atoms with Crippen molar-refractivity contribution >= 4 is 11.8 Å². The molecule has 6 nitrogen and oxygen atoms in total. The van der Waals surface area contributed by atoms with Crippen LogP contribution in [0.5, 0.6) is 0 Å². The predicted octanol–water partition coefficient (Wildman–Crippen LogP) is -0.750. The van der Waals surface area contributed by atoms with Gasteiger partial charge in [0.2, 0.25) is 11.8 Å². The molecule has 0 spiro atoms. The Kier molecular flexibility index (Phi) is 6.24. The number of amides is 2. The first-order chi connectivity index (χ1) is 8.95. The first kappa shape index (κ1) is 15.9. The highest BCUT2D eigenvalue weighted by Crippen LogP contribution is 2.09. The Morgan fingerprint density at radius 1 is 1.21 bits per heavy atom. The number of hydrogen-bond donors (Lipinski definition) is 2. The van der Waals surface area contributed by atoms with Gasteiger partial charge in [0.15, 0.2) is 0 Å². The van der Waals surface area contributed by atoms with Crippen LogP contribution in [0.25, 0.3) is 0 Å². The van der Waals surface area contributed by atoms with Crippen LogP contribution in [0, 0.1) is 5.92 Å². The molecule has 19 heavy (non-hydrogen) atoms. The summed E-state index contributed by atoms with van der Waals surface area (Å²) in [6, 6.07) is -0.124. The van der Waals surface area contributed by atoms with Crippen molar-refractivity contribution in [2.75, 3.05) is 39.3 Å². The van der Waals surface area contributed by atoms with Crippen LogP contribution >= 0.6 is 0 Å². The molecule has 1 aliphatic heterocycles. The molecule has 2 unspecified atom stereocenters. The number of hydrogen-bond acceptors (Lipinski definition) is 4. The highest BCUT2D eigenvalue weighted by molar-refractivity contribution is 5.79. The molecule has 0 aliphatic carbocycles. The summed E-state index contributed by atoms with van der Waals surface area (Å²) in [4.78, 5) is 27.5. The number of rotatable bonds is 5. The van der Waals surface area contributed by atoms with Crippen LogP contribution in [0.1, 0.15) is 20.8 Å². The van der Waals surface area contributed by atoms with E-state index in [9.17, 15) is 9.59 Å². The lowest BCUT2D eigenvalue weighted by molar-refractivity contribution is -0.137. The second-order valence-electron chi connectivity index (χ2n) is 5.20. The third-order valence-corrected chi connectivity index (χ3v) is 3.60. The summed E-state index contributed by atoms with van der Waals surface area (Å²) >= 11 is 0. The van der Waals surface area contributed by atoms with Crippen molar-refractivity contribution in [3.63, 3.8) is 0 Å². The van der Waals surface area contributed by atoms with E-state index in [4.69, 9.17) is 5.73 Å². The lowest BCUT2D eigenvalue weighted by atomic mass is 10.0. The van der Waals surface area contributed by atoms with Gasteiger partial charge in [-0.2, -0.15) is 0 Å². The predicted molar refractivity (Wildman–Crippen MR) is 74.5 cm³/mol. The van der Waals surface area contributed by atoms with Crippen LogP contribution < -0.4 is 11.1 Å². The summed E-state index contributed by atoms with van der Waals surface area (Å²) in [6.07, 6.45) is 0. The zero-order valence-corrected chi connectivity index (χ0v) is 12.2. The number of nitrogens with one attached hydrogen (secondary N) is 1. The fourth-order valence-electron chi connectivity index (χ4n) is 2.10. The average Bonchev–Trinajstić information content (AvgIpc) is 2.38. The van der Waals surface area contributed by atoms with E-state index in [0.29, 0.717) is 26.2 Å². The summed E-state index contributed by atoms with van der Waals surface area (Å²) < 4.78 is 0. The highest BCUT2D eigenvalue weighted by atomic mass is 16.2. The van der Waals surface area contributed by atoms with E-state index in [-0.39, 0.29) is 23.8 Å². The summed E-state index contributed by atoms with van der Waals surface area (Å²) in [7, 11) is 0. The maximum atomic E-state index is 12.1. The Balaban J connectivity index is 2.36. The zero-order chi connectivity index (χ0) is 14.4. The third-order valence-electron chi connectivity index (χ3n) is 3.60. The van der Waals surface area contributed by atoms with Crippen LogP contribution in [-0.4, -0.2) is 66.9 Å². The number of carbonyl (C=O) groups excluding carboxylic acids is 2. The van der Waals surface area contributed by atoms with Gasteiger partial charge in [-0.05, 0) is 13.8 Å². The molecule has 0 aromatic rings. The molecular weight excluding hydrogens is 244 g/mol. The molecule has 1 fully saturated rings. The first-order valence-corrected chi connectivity index (χ1v) is 6.99. The van der Waals surface area contributed by atoms with Crippen molar-refractivity contribution in [2.24, 2.45) is 11.7 Å². The molecule has 6 heteroatoms. The fraction of sp³-hybridized carbons (Fsp3) is 0.846. The standard InChI is InChI=1S/C13H26N4O2/c1-4-15-12(18)9-16-5-7-17(8-6-16)13(19)10(2)11(3)14/h10-11H,4-9,14H2,1-3H3,(H,15,18). The number of nitrogens with zero attached hydrogens (tertiary/aromatic N) is 2. The van der Waals surface area contributed by atoms with Crippen molar-refractivity contribution in [3.8, 4) is 0 Å². The smallest absolute Gasteiger partial charge is 0.234 e. The highest BCUT2D eigenvalue weighted by Gasteiger charge is 2.27. The van der Waals surface area contributed by atoms with E-state index >= 15 is 0 Å². The first-order valence-electron chi connectivity index (χ1n) is 6.99. The van der Waals surface area contributed by atoms with Crippen LogP contribution in [0.2, 0.25) is 0 Å². The topological polar surface area (TPSA) is 78.7 Å². The maximum absolute atomic E-state index is 12.1. The van der Waals surface area contributed by atoms with Crippen molar-refractivity contribution in [2.45, 2.75) is 26.8 Å². The second-order valence-corrected chi connectivity index (χ2v) is 5.20. The molecule has 0 saturated carbocycles. The molecule has 3 N–H and O–H groups in total. The molecule has 2 amide bonds. The van der Waals surface area contributed by atoms with Crippen LogP contribution in [-0.2, 0) is 9.59 Å². The fourth-order valence-corrected chi connectivity index (χ4v) is 2.10. The van der Waals surface area contributed by atoms with Crippen molar-refractivity contribution in [1.82, 2.24) is 15.1 Å². The largest absolute Gasteiger partial charge is 0.355 e. The lowest BCUT2D eigenvalue weighted by Gasteiger charge is -2.36. The second kappa shape index (κ2) is 7.45. The van der Waals surface area contributed by atoms with Gasteiger partial charge in [0.1, 0.15) is 0 Å². The van der Waals surface area contributed by atoms with E-state index in [2.05, 4.69) is 10.2 Å². The van der Waals surface area contributed by atoms with Gasteiger partial charge in [-0.25, -0.2) is 0 Å². The number of carbonyl (C=O) groups is 2. The average molecular weight is 270 g/mol. The van der Waals surface area contributed by atoms with E-state index < -0.39 is 0 Å². The Bertz CT molecular complexity index is 312. The van der Waals surface area contributed by atoms with Gasteiger partial charge in [-0.3, -0.25) is 14.5 Å². The molecule has 1 rings (SSSR count). The quantitative estimate of drug-likeness (QED) is 0.689. The third kappa shape index (κ3) is 4.80. The molecular formula is C13H26N4O2. The maximum Gasteiger partial charge on any atom is 0.234 e. The van der Waals surface area contributed by atoms with Gasteiger partial charge >= 0.3 is 0 Å². The minimum absolute atomic E-state index is 0.0474. The molecule has 1 heterocycles. The summed E-state index contributed by atoms with van der Waals surface area (Å²) in [5.74, 6) is 0.0221. The lowest BCUT2D eigenvalue weighted by Crippen LogP contribution is -2.53. The zero-order valence-electron chi connectivity index (χ0n) is 12.2. The van der Waals surface area contributed by atoms with E-state index in [0.717, 1.165) is 13.1 Å². The van der Waals surface area contributed by atoms with Gasteiger partial charge in [0.25, 0.3) is 0 Å². The minimum Gasteiger partial charge on any atom is -0.355 e. The minimum atomic E-state index is -0.144. The van der Waals surface area contributed by atoms with Gasteiger partial charge in [0, 0.05) is 38.8 Å². The summed E-state index contributed by atoms with van der Waals surface area (Å²) in [5, 5.41) is 2.78. The van der Waals surface area contributed by atoms with Crippen LogP contribution in [0.15, 0.2) is 0 Å². The number of likely N-dealkylation sites (N-methyl/N-ethyl adjacent to an activating group) is 1. The van der Waals surface area contributed by atoms with Gasteiger partial charge < -0.3 is 16.0 Å². The van der Waals surface area contributed by atoms with E-state index in [1.807, 2.05) is 25.7 Å². The normalized spacial score (nSPS) is 19.9. The van der Waals surface area contributed by atoms with Gasteiger partial charge in [-0.1, -0.05) is 6.92 Å². The van der Waals surface area contributed by atoms with E-state index in [1.54, 1.807) is 0 Å². The molecule has 0 aromatic heterocycles. The van der Waals surface area contributed by atoms with Crippen LogP contribution in [0.4, 0.5) is 0 Å². The van der Waals surface area contributed by atoms with Gasteiger partial charge in [-0.15, -0.1) is 0 Å². The van der Waals surface area contributed by atoms with Gasteiger partial charge in [0.05, 0.1) is 12.5 Å². The molecule has 1 aliphatic rings. The Morgan fingerprint density at radius 3 is 2.26 bits per heavy atom. The monoisotopic (exact) mass is 270 g/mol. The van der Waals surface area contributed by atoms with Crippen molar-refractivity contribution < 1.29 is 9.59 Å². The van der Waals surface area contributed by atoms with Crippen molar-refractivity contribution in [1.29, 1.82) is 0 Å². The van der Waals surface area contributed by atoms with Crippen LogP contribution in [0.3, 0.4) is 0 Å². The molecule has 2 atom stereocenters. The summed E-state index contributed by atoms with van der Waals surface area (Å²) in [5.41, 5.74) is 5.76. The molecule has 1 saturated heterocycles.